The van der Waals surface area contributed by atoms with Gasteiger partial charge in [-0.1, -0.05) is 84.0 Å². The van der Waals surface area contributed by atoms with Crippen LogP contribution in [0.4, 0.5) is 0 Å². The number of rotatable bonds is 20. The third kappa shape index (κ3) is 14.7. The number of hydrogen-bond donors (Lipinski definition) is 3. The first kappa shape index (κ1) is 29.9. The molecule has 5 N–H and O–H groups in total. The smallest absolute Gasteiger partial charge is 0.236 e. The number of unbranched alkanes of at least 4 members (excludes halogenated alkanes) is 12. The maximum atomic E-state index is 12.8. The molecule has 6 nitrogen and oxygen atoms in total. The van der Waals surface area contributed by atoms with Gasteiger partial charge in [-0.05, 0) is 45.1 Å². The minimum atomic E-state index is -0.481. The van der Waals surface area contributed by atoms with Gasteiger partial charge in [0.1, 0.15) is 0 Å². The van der Waals surface area contributed by atoms with Gasteiger partial charge >= 0.3 is 0 Å². The third-order valence-corrected chi connectivity index (χ3v) is 7.01. The molecule has 0 aromatic carbocycles. The predicted octanol–water partition coefficient (Wildman–Crippen LogP) is 5.03. The van der Waals surface area contributed by atoms with Crippen molar-refractivity contribution in [1.29, 1.82) is 0 Å². The lowest BCUT2D eigenvalue weighted by atomic mass is 10.00. The van der Waals surface area contributed by atoms with E-state index in [1.807, 2.05) is 4.90 Å². The van der Waals surface area contributed by atoms with Crippen LogP contribution >= 0.6 is 0 Å². The van der Waals surface area contributed by atoms with E-state index in [2.05, 4.69) is 12.2 Å². The number of carbonyl (C=O) groups is 2. The van der Waals surface area contributed by atoms with Crippen LogP contribution in [-0.2, 0) is 9.59 Å². The Morgan fingerprint density at radius 1 is 0.879 bits per heavy atom. The lowest BCUT2D eigenvalue weighted by Crippen LogP contribution is -2.51. The van der Waals surface area contributed by atoms with Crippen molar-refractivity contribution in [1.82, 2.24) is 10.2 Å². The number of nitrogens with two attached hydrogens (primary N) is 2. The molecule has 2 atom stereocenters. The molecule has 0 spiro atoms. The first-order valence-electron chi connectivity index (χ1n) is 14.1. The number of hydrogen-bond acceptors (Lipinski definition) is 4. The molecular weight excluding hydrogens is 412 g/mol. The lowest BCUT2D eigenvalue weighted by molar-refractivity contribution is -0.135. The van der Waals surface area contributed by atoms with Gasteiger partial charge in [-0.25, -0.2) is 0 Å². The molecule has 1 heterocycles. The minimum Gasteiger partial charge on any atom is -0.353 e. The SMILES string of the molecule is CCCCCCCCCCCCCCC(=O)N1CCCCC1CNC(=O)[C@@H](N)CCCCN. The number of nitrogens with zero attached hydrogens (tertiary/aromatic N) is 1. The third-order valence-electron chi connectivity index (χ3n) is 7.01. The molecule has 0 aliphatic carbocycles. The van der Waals surface area contributed by atoms with Crippen LogP contribution in [0.3, 0.4) is 0 Å². The van der Waals surface area contributed by atoms with E-state index >= 15 is 0 Å². The van der Waals surface area contributed by atoms with E-state index in [9.17, 15) is 9.59 Å². The normalized spacial score (nSPS) is 17.2. The Labute approximate surface area is 204 Å². The zero-order valence-electron chi connectivity index (χ0n) is 21.6. The molecule has 1 rings (SSSR count). The fourth-order valence-corrected chi connectivity index (χ4v) is 4.79. The lowest BCUT2D eigenvalue weighted by Gasteiger charge is -2.36. The van der Waals surface area contributed by atoms with Gasteiger partial charge in [0.25, 0.3) is 0 Å². The summed E-state index contributed by atoms with van der Waals surface area (Å²) in [5.41, 5.74) is 11.5. The van der Waals surface area contributed by atoms with Crippen LogP contribution in [0, 0.1) is 0 Å². The second-order valence-corrected chi connectivity index (χ2v) is 10.0. The largest absolute Gasteiger partial charge is 0.353 e. The number of likely N-dealkylation sites (tertiary alicyclic amines) is 1. The zero-order chi connectivity index (χ0) is 24.2. The van der Waals surface area contributed by atoms with E-state index in [1.54, 1.807) is 0 Å². The van der Waals surface area contributed by atoms with Crippen molar-refractivity contribution in [3.8, 4) is 0 Å². The van der Waals surface area contributed by atoms with E-state index in [0.717, 1.165) is 51.5 Å². The summed E-state index contributed by atoms with van der Waals surface area (Å²) in [6.45, 7) is 4.24. The fourth-order valence-electron chi connectivity index (χ4n) is 4.79. The first-order chi connectivity index (χ1) is 16.1. The van der Waals surface area contributed by atoms with Gasteiger partial charge in [0.05, 0.1) is 6.04 Å². The monoisotopic (exact) mass is 466 g/mol. The molecule has 6 heteroatoms. The van der Waals surface area contributed by atoms with Crippen molar-refractivity contribution >= 4 is 11.8 Å². The summed E-state index contributed by atoms with van der Waals surface area (Å²) in [7, 11) is 0. The highest BCUT2D eigenvalue weighted by atomic mass is 16.2. The Balaban J connectivity index is 2.14. The van der Waals surface area contributed by atoms with Crippen LogP contribution in [0.5, 0.6) is 0 Å². The molecule has 0 bridgehead atoms. The van der Waals surface area contributed by atoms with E-state index in [1.165, 1.54) is 64.2 Å². The molecule has 33 heavy (non-hydrogen) atoms. The molecule has 0 saturated carbocycles. The standard InChI is InChI=1S/C27H54N4O2/c1-2-3-4-5-6-7-8-9-10-11-12-13-20-26(32)31-22-17-15-18-24(31)23-30-27(33)25(29)19-14-16-21-28/h24-25H,2-23,28-29H2,1H3,(H,30,33)/t24?,25-/m0/s1. The summed E-state index contributed by atoms with van der Waals surface area (Å²) in [6.07, 6.45) is 21.9. The maximum absolute atomic E-state index is 12.8. The molecule has 0 aromatic rings. The molecular formula is C27H54N4O2. The summed E-state index contributed by atoms with van der Waals surface area (Å²) in [6, 6.07) is -0.367. The van der Waals surface area contributed by atoms with Crippen molar-refractivity contribution in [2.24, 2.45) is 11.5 Å². The molecule has 1 unspecified atom stereocenters. The Hall–Kier alpha value is -1.14. The van der Waals surface area contributed by atoms with Crippen molar-refractivity contribution in [2.75, 3.05) is 19.6 Å². The van der Waals surface area contributed by atoms with Crippen LogP contribution in [0.15, 0.2) is 0 Å². The molecule has 194 valence electrons. The first-order valence-corrected chi connectivity index (χ1v) is 14.1. The van der Waals surface area contributed by atoms with E-state index < -0.39 is 6.04 Å². The van der Waals surface area contributed by atoms with Crippen LogP contribution in [0.1, 0.15) is 129 Å². The van der Waals surface area contributed by atoms with Gasteiger partial charge in [-0.2, -0.15) is 0 Å². The van der Waals surface area contributed by atoms with E-state index in [-0.39, 0.29) is 17.9 Å². The van der Waals surface area contributed by atoms with Crippen LogP contribution in [0.2, 0.25) is 0 Å². The molecule has 2 amide bonds. The number of carbonyl (C=O) groups excluding carboxylic acids is 2. The Bertz CT molecular complexity index is 501. The van der Waals surface area contributed by atoms with Gasteiger partial charge in [0.2, 0.25) is 11.8 Å². The summed E-state index contributed by atoms with van der Waals surface area (Å²) >= 11 is 0. The Kier molecular flexibility index (Phi) is 18.3. The van der Waals surface area contributed by atoms with Gasteiger partial charge < -0.3 is 21.7 Å². The van der Waals surface area contributed by atoms with Crippen LogP contribution < -0.4 is 16.8 Å². The van der Waals surface area contributed by atoms with Crippen molar-refractivity contribution in [3.05, 3.63) is 0 Å². The molecule has 1 aliphatic heterocycles. The quantitative estimate of drug-likeness (QED) is 0.219. The van der Waals surface area contributed by atoms with Gasteiger partial charge in [0, 0.05) is 25.6 Å². The molecule has 1 saturated heterocycles. The average molecular weight is 467 g/mol. The molecule has 0 radical (unpaired) electrons. The van der Waals surface area contributed by atoms with E-state index in [0.29, 0.717) is 25.9 Å². The number of amides is 2. The second-order valence-electron chi connectivity index (χ2n) is 10.0. The van der Waals surface area contributed by atoms with Crippen molar-refractivity contribution in [2.45, 2.75) is 141 Å². The molecule has 1 aliphatic rings. The highest BCUT2D eigenvalue weighted by Crippen LogP contribution is 2.19. The summed E-state index contributed by atoms with van der Waals surface area (Å²) < 4.78 is 0. The molecule has 0 aromatic heterocycles. The van der Waals surface area contributed by atoms with E-state index in [4.69, 9.17) is 11.5 Å². The summed E-state index contributed by atoms with van der Waals surface area (Å²) in [5.74, 6) is 0.152. The van der Waals surface area contributed by atoms with Gasteiger partial charge in [-0.15, -0.1) is 0 Å². The van der Waals surface area contributed by atoms with Crippen molar-refractivity contribution < 1.29 is 9.59 Å². The highest BCUT2D eigenvalue weighted by Gasteiger charge is 2.27. The topological polar surface area (TPSA) is 101 Å². The van der Waals surface area contributed by atoms with Gasteiger partial charge in [-0.3, -0.25) is 9.59 Å². The Morgan fingerprint density at radius 3 is 2.09 bits per heavy atom. The molecule has 1 fully saturated rings. The highest BCUT2D eigenvalue weighted by molar-refractivity contribution is 5.81. The second kappa shape index (κ2) is 20.3. The van der Waals surface area contributed by atoms with Crippen LogP contribution in [-0.4, -0.2) is 48.4 Å². The van der Waals surface area contributed by atoms with Crippen molar-refractivity contribution in [3.63, 3.8) is 0 Å². The zero-order valence-corrected chi connectivity index (χ0v) is 21.6. The van der Waals surface area contributed by atoms with Crippen LogP contribution in [0.25, 0.3) is 0 Å². The maximum Gasteiger partial charge on any atom is 0.236 e. The summed E-state index contributed by atoms with van der Waals surface area (Å²) in [4.78, 5) is 27.1. The fraction of sp³-hybridized carbons (Fsp3) is 0.926. The van der Waals surface area contributed by atoms with Gasteiger partial charge in [0.15, 0.2) is 0 Å². The predicted molar refractivity (Wildman–Crippen MR) is 139 cm³/mol. The number of nitrogens with one attached hydrogen (secondary N) is 1. The average Bonchev–Trinajstić information content (AvgIpc) is 2.83. The Morgan fingerprint density at radius 2 is 1.48 bits per heavy atom. The number of piperidine rings is 1. The minimum absolute atomic E-state index is 0.106. The summed E-state index contributed by atoms with van der Waals surface area (Å²) in [5, 5.41) is 2.99.